The zero-order chi connectivity index (χ0) is 18.0. The third kappa shape index (κ3) is 3.29. The first-order valence-electron chi connectivity index (χ1n) is 7.93. The van der Waals surface area contributed by atoms with E-state index in [0.29, 0.717) is 11.4 Å². The Kier molecular flexibility index (Phi) is 5.15. The van der Waals surface area contributed by atoms with Gasteiger partial charge < -0.3 is 15.2 Å². The number of amides is 1. The van der Waals surface area contributed by atoms with E-state index >= 15 is 0 Å². The first-order valence-corrected chi connectivity index (χ1v) is 8.98. The van der Waals surface area contributed by atoms with E-state index in [1.807, 2.05) is 31.2 Å². The summed E-state index contributed by atoms with van der Waals surface area (Å²) < 4.78 is 10.5. The van der Waals surface area contributed by atoms with Crippen molar-refractivity contribution in [2.45, 2.75) is 24.9 Å². The Morgan fingerprint density at radius 2 is 2.12 bits per heavy atom. The van der Waals surface area contributed by atoms with Crippen molar-refractivity contribution in [1.29, 1.82) is 0 Å². The van der Waals surface area contributed by atoms with Gasteiger partial charge in [0.05, 0.1) is 7.11 Å². The quantitative estimate of drug-likeness (QED) is 0.637. The third-order valence-corrected chi connectivity index (χ3v) is 5.45. The minimum Gasteiger partial charge on any atom is -0.497 e. The van der Waals surface area contributed by atoms with Crippen molar-refractivity contribution in [2.75, 3.05) is 12.9 Å². The molecule has 1 aromatic rings. The summed E-state index contributed by atoms with van der Waals surface area (Å²) in [5.74, 6) is 0.616. The van der Waals surface area contributed by atoms with Gasteiger partial charge >= 0.3 is 5.97 Å². The fraction of sp³-hybridized carbons (Fsp3) is 0.333. The molecule has 2 aliphatic rings. The molecule has 2 heterocycles. The summed E-state index contributed by atoms with van der Waals surface area (Å²) in [5.41, 5.74) is 7.77. The molecule has 1 fully saturated rings. The van der Waals surface area contributed by atoms with Crippen LogP contribution in [0, 0.1) is 0 Å². The lowest BCUT2D eigenvalue weighted by Crippen LogP contribution is -2.68. The second-order valence-corrected chi connectivity index (χ2v) is 6.84. The van der Waals surface area contributed by atoms with E-state index in [1.165, 1.54) is 4.90 Å². The van der Waals surface area contributed by atoms with Crippen LogP contribution in [0.1, 0.15) is 12.5 Å². The number of allylic oxidation sites excluding steroid dienone is 2. The molecule has 2 N–H and O–H groups in total. The topological polar surface area (TPSA) is 81.9 Å². The second-order valence-electron chi connectivity index (χ2n) is 5.73. The van der Waals surface area contributed by atoms with Crippen LogP contribution in [0.3, 0.4) is 0 Å². The van der Waals surface area contributed by atoms with E-state index in [4.69, 9.17) is 15.2 Å². The molecular weight excluding hydrogens is 340 g/mol. The predicted octanol–water partition coefficient (Wildman–Crippen LogP) is 1.81. The highest BCUT2D eigenvalue weighted by atomic mass is 32.2. The minimum atomic E-state index is -0.554. The number of rotatable bonds is 5. The van der Waals surface area contributed by atoms with Gasteiger partial charge in [0.25, 0.3) is 0 Å². The molecule has 0 bridgehead atoms. The molecule has 6 nitrogen and oxygen atoms in total. The number of thioether (sulfide) groups is 1. The molecule has 0 saturated carbocycles. The Balaban J connectivity index is 1.76. The zero-order valence-corrected chi connectivity index (χ0v) is 14.9. The molecule has 0 spiro atoms. The molecule has 25 heavy (non-hydrogen) atoms. The number of nitrogens with two attached hydrogens (primary N) is 1. The summed E-state index contributed by atoms with van der Waals surface area (Å²) in [6.07, 6.45) is 3.68. The first kappa shape index (κ1) is 17.6. The Hall–Kier alpha value is -2.25. The molecule has 2 aliphatic heterocycles. The Morgan fingerprint density at radius 3 is 2.76 bits per heavy atom. The van der Waals surface area contributed by atoms with Gasteiger partial charge in [-0.3, -0.25) is 9.69 Å². The molecule has 1 amide bonds. The van der Waals surface area contributed by atoms with Crippen molar-refractivity contribution >= 4 is 23.6 Å². The van der Waals surface area contributed by atoms with E-state index in [0.717, 1.165) is 16.9 Å². The van der Waals surface area contributed by atoms with Crippen LogP contribution < -0.4 is 10.5 Å². The van der Waals surface area contributed by atoms with Crippen LogP contribution in [0.25, 0.3) is 0 Å². The molecule has 2 atom stereocenters. The number of β-lactam (4-membered cyclic amide) rings is 1. The summed E-state index contributed by atoms with van der Waals surface area (Å²) in [6, 6.07) is 6.72. The van der Waals surface area contributed by atoms with E-state index in [1.54, 1.807) is 31.0 Å². The van der Waals surface area contributed by atoms with E-state index in [2.05, 4.69) is 0 Å². The number of carbonyl (C=O) groups excluding carboxylic acids is 2. The van der Waals surface area contributed by atoms with Crippen LogP contribution in [0.2, 0.25) is 0 Å². The summed E-state index contributed by atoms with van der Waals surface area (Å²) in [7, 11) is 1.59. The standard InChI is InChI=1S/C18H20N2O4S/c1-3-4-12-10-25-17-14(19)16(21)20(17)15(12)18(22)24-9-11-5-7-13(23-2)8-6-11/h3-8,14,17H,9-10,19H2,1-2H3/b4-3+/t14-,17+/m1/s1. The number of methoxy groups -OCH3 is 1. The average molecular weight is 360 g/mol. The van der Waals surface area contributed by atoms with Crippen molar-refractivity contribution < 1.29 is 19.1 Å². The number of ether oxygens (including phenoxy) is 2. The number of hydrogen-bond donors (Lipinski definition) is 1. The van der Waals surface area contributed by atoms with Crippen LogP contribution in [-0.2, 0) is 20.9 Å². The molecule has 0 unspecified atom stereocenters. The average Bonchev–Trinajstić information content (AvgIpc) is 2.65. The van der Waals surface area contributed by atoms with Crippen LogP contribution in [0.4, 0.5) is 0 Å². The molecular formula is C18H20N2O4S. The second kappa shape index (κ2) is 7.33. The van der Waals surface area contributed by atoms with Crippen molar-refractivity contribution in [3.05, 3.63) is 53.3 Å². The summed E-state index contributed by atoms with van der Waals surface area (Å²) >= 11 is 1.56. The Bertz CT molecular complexity index is 742. The zero-order valence-electron chi connectivity index (χ0n) is 14.1. The molecule has 0 aromatic heterocycles. The third-order valence-electron chi connectivity index (χ3n) is 4.13. The van der Waals surface area contributed by atoms with Crippen molar-refractivity contribution in [1.82, 2.24) is 4.90 Å². The smallest absolute Gasteiger partial charge is 0.355 e. The number of benzene rings is 1. The normalized spacial score (nSPS) is 22.7. The molecule has 7 heteroatoms. The van der Waals surface area contributed by atoms with Gasteiger partial charge in [0, 0.05) is 5.75 Å². The Morgan fingerprint density at radius 1 is 1.40 bits per heavy atom. The van der Waals surface area contributed by atoms with Crippen molar-refractivity contribution in [3.8, 4) is 5.75 Å². The molecule has 0 radical (unpaired) electrons. The van der Waals surface area contributed by atoms with Crippen molar-refractivity contribution in [2.24, 2.45) is 5.73 Å². The van der Waals surface area contributed by atoms with Crippen LogP contribution in [0.15, 0.2) is 47.7 Å². The molecule has 1 aromatic carbocycles. The maximum absolute atomic E-state index is 12.6. The van der Waals surface area contributed by atoms with E-state index in [9.17, 15) is 9.59 Å². The molecule has 132 valence electrons. The number of carbonyl (C=O) groups is 2. The maximum atomic E-state index is 12.6. The number of fused-ring (bicyclic) bond motifs is 1. The highest BCUT2D eigenvalue weighted by Crippen LogP contribution is 2.40. The highest BCUT2D eigenvalue weighted by Gasteiger charge is 2.51. The van der Waals surface area contributed by atoms with Gasteiger partial charge in [-0.25, -0.2) is 4.79 Å². The maximum Gasteiger partial charge on any atom is 0.355 e. The fourth-order valence-electron chi connectivity index (χ4n) is 2.80. The van der Waals surface area contributed by atoms with Gasteiger partial charge in [-0.2, -0.15) is 0 Å². The lowest BCUT2D eigenvalue weighted by molar-refractivity contribution is -0.151. The Labute approximate surface area is 150 Å². The molecule has 1 saturated heterocycles. The lowest BCUT2D eigenvalue weighted by atomic mass is 10.0. The largest absolute Gasteiger partial charge is 0.497 e. The van der Waals surface area contributed by atoms with Gasteiger partial charge in [0.15, 0.2) is 0 Å². The number of esters is 1. The van der Waals surface area contributed by atoms with Gasteiger partial charge in [0.2, 0.25) is 5.91 Å². The lowest BCUT2D eigenvalue weighted by Gasteiger charge is -2.48. The number of hydrogen-bond acceptors (Lipinski definition) is 6. The van der Waals surface area contributed by atoms with E-state index < -0.39 is 12.0 Å². The first-order chi connectivity index (χ1) is 12.1. The molecule has 0 aliphatic carbocycles. The van der Waals surface area contributed by atoms with Gasteiger partial charge in [0.1, 0.15) is 29.5 Å². The van der Waals surface area contributed by atoms with Gasteiger partial charge in [-0.05, 0) is 30.2 Å². The van der Waals surface area contributed by atoms with Crippen LogP contribution in [-0.4, -0.2) is 41.1 Å². The van der Waals surface area contributed by atoms with Gasteiger partial charge in [-0.1, -0.05) is 24.3 Å². The summed E-state index contributed by atoms with van der Waals surface area (Å²) in [6.45, 7) is 2.00. The summed E-state index contributed by atoms with van der Waals surface area (Å²) in [5, 5.41) is -0.190. The minimum absolute atomic E-state index is 0.126. The van der Waals surface area contributed by atoms with Crippen molar-refractivity contribution in [3.63, 3.8) is 0 Å². The van der Waals surface area contributed by atoms with Gasteiger partial charge in [-0.15, -0.1) is 11.8 Å². The summed E-state index contributed by atoms with van der Waals surface area (Å²) in [4.78, 5) is 26.2. The number of nitrogens with zero attached hydrogens (tertiary/aromatic N) is 1. The monoisotopic (exact) mass is 360 g/mol. The van der Waals surface area contributed by atoms with Crippen LogP contribution in [0.5, 0.6) is 5.75 Å². The molecule has 3 rings (SSSR count). The van der Waals surface area contributed by atoms with Crippen LogP contribution >= 0.6 is 11.8 Å². The fourth-order valence-corrected chi connectivity index (χ4v) is 4.06. The SMILES string of the molecule is C/C=C/C1=C(C(=O)OCc2ccc(OC)cc2)N2C(=O)[C@@H](N)[C@@H]2SC1. The highest BCUT2D eigenvalue weighted by molar-refractivity contribution is 8.00. The predicted molar refractivity (Wildman–Crippen MR) is 95.7 cm³/mol. The van der Waals surface area contributed by atoms with E-state index in [-0.39, 0.29) is 17.9 Å².